The van der Waals surface area contributed by atoms with Gasteiger partial charge in [0.1, 0.15) is 5.75 Å². The first kappa shape index (κ1) is 21.7. The summed E-state index contributed by atoms with van der Waals surface area (Å²) >= 11 is 0. The van der Waals surface area contributed by atoms with Crippen molar-refractivity contribution < 1.29 is 9.53 Å². The van der Waals surface area contributed by atoms with Crippen LogP contribution in [-0.4, -0.2) is 19.1 Å². The van der Waals surface area contributed by atoms with Crippen molar-refractivity contribution in [1.82, 2.24) is 5.32 Å². The Labute approximate surface area is 146 Å². The number of carbonyl (C=O) groups is 1. The molecular weight excluding hydrogens is 312 g/mol. The standard InChI is InChI=1S/C18H30N2O2.ClH/c1-5-12-22-16-10-8-15(9-11-16)14(4)20-17(21)18(6-2,7-3)13-19;/h8-11,14H,5-7,12-13,19H2,1-4H3,(H,20,21);1H. The predicted molar refractivity (Wildman–Crippen MR) is 98.1 cm³/mol. The zero-order valence-corrected chi connectivity index (χ0v) is 15.5. The van der Waals surface area contributed by atoms with Crippen molar-refractivity contribution in [2.24, 2.45) is 11.1 Å². The van der Waals surface area contributed by atoms with E-state index in [0.29, 0.717) is 6.54 Å². The Kier molecular flexibility index (Phi) is 9.93. The van der Waals surface area contributed by atoms with Crippen LogP contribution in [-0.2, 0) is 4.79 Å². The molecule has 132 valence electrons. The van der Waals surface area contributed by atoms with Crippen LogP contribution >= 0.6 is 12.4 Å². The summed E-state index contributed by atoms with van der Waals surface area (Å²) in [5.41, 5.74) is 6.44. The van der Waals surface area contributed by atoms with E-state index in [-0.39, 0.29) is 24.4 Å². The quantitative estimate of drug-likeness (QED) is 0.716. The maximum Gasteiger partial charge on any atom is 0.227 e. The van der Waals surface area contributed by atoms with E-state index in [0.717, 1.165) is 37.2 Å². The highest BCUT2D eigenvalue weighted by atomic mass is 35.5. The van der Waals surface area contributed by atoms with Crippen molar-refractivity contribution in [3.63, 3.8) is 0 Å². The first-order chi connectivity index (χ1) is 10.5. The third-order valence-corrected chi connectivity index (χ3v) is 4.43. The Morgan fingerprint density at radius 3 is 2.22 bits per heavy atom. The highest BCUT2D eigenvalue weighted by Crippen LogP contribution is 2.27. The molecule has 0 aliphatic rings. The van der Waals surface area contributed by atoms with Crippen molar-refractivity contribution in [1.29, 1.82) is 0 Å². The van der Waals surface area contributed by atoms with Gasteiger partial charge in [-0.05, 0) is 43.9 Å². The Balaban J connectivity index is 0.00000484. The van der Waals surface area contributed by atoms with Crippen LogP contribution in [0.5, 0.6) is 5.75 Å². The molecule has 5 heteroatoms. The molecule has 0 aliphatic heterocycles. The molecule has 1 amide bonds. The molecule has 3 N–H and O–H groups in total. The van der Waals surface area contributed by atoms with E-state index in [1.165, 1.54) is 0 Å². The molecule has 0 saturated heterocycles. The fourth-order valence-electron chi connectivity index (χ4n) is 2.46. The van der Waals surface area contributed by atoms with E-state index in [1.54, 1.807) is 0 Å². The number of amides is 1. The second-order valence-corrected chi connectivity index (χ2v) is 5.80. The summed E-state index contributed by atoms with van der Waals surface area (Å²) in [4.78, 5) is 12.5. The summed E-state index contributed by atoms with van der Waals surface area (Å²) in [5.74, 6) is 0.904. The number of nitrogens with two attached hydrogens (primary N) is 1. The van der Waals surface area contributed by atoms with Crippen LogP contribution in [0.25, 0.3) is 0 Å². The summed E-state index contributed by atoms with van der Waals surface area (Å²) in [5, 5.41) is 3.09. The Morgan fingerprint density at radius 2 is 1.78 bits per heavy atom. The van der Waals surface area contributed by atoms with Crippen molar-refractivity contribution in [3.8, 4) is 5.75 Å². The number of rotatable bonds is 9. The van der Waals surface area contributed by atoms with Gasteiger partial charge in [0.25, 0.3) is 0 Å². The van der Waals surface area contributed by atoms with E-state index < -0.39 is 5.41 Å². The van der Waals surface area contributed by atoms with Crippen LogP contribution in [0.15, 0.2) is 24.3 Å². The van der Waals surface area contributed by atoms with Crippen LogP contribution in [0.1, 0.15) is 58.6 Å². The van der Waals surface area contributed by atoms with Crippen LogP contribution in [0.4, 0.5) is 0 Å². The van der Waals surface area contributed by atoms with Gasteiger partial charge in [-0.3, -0.25) is 4.79 Å². The lowest BCUT2D eigenvalue weighted by molar-refractivity contribution is -0.131. The summed E-state index contributed by atoms with van der Waals surface area (Å²) < 4.78 is 5.57. The molecule has 1 unspecified atom stereocenters. The highest BCUT2D eigenvalue weighted by Gasteiger charge is 2.33. The molecule has 0 fully saturated rings. The molecule has 1 atom stereocenters. The zero-order valence-electron chi connectivity index (χ0n) is 14.7. The number of carbonyl (C=O) groups excluding carboxylic acids is 1. The lowest BCUT2D eigenvalue weighted by Gasteiger charge is -2.30. The van der Waals surface area contributed by atoms with E-state index >= 15 is 0 Å². The van der Waals surface area contributed by atoms with E-state index in [1.807, 2.05) is 45.0 Å². The largest absolute Gasteiger partial charge is 0.494 e. The molecule has 0 bridgehead atoms. The molecular formula is C18H31ClN2O2. The van der Waals surface area contributed by atoms with Gasteiger partial charge in [0.05, 0.1) is 18.1 Å². The van der Waals surface area contributed by atoms with Gasteiger partial charge in [0.2, 0.25) is 5.91 Å². The molecule has 0 spiro atoms. The third kappa shape index (κ3) is 5.70. The van der Waals surface area contributed by atoms with Gasteiger partial charge in [0.15, 0.2) is 0 Å². The number of hydrogen-bond donors (Lipinski definition) is 2. The molecule has 0 aromatic heterocycles. The monoisotopic (exact) mass is 342 g/mol. The first-order valence-corrected chi connectivity index (χ1v) is 8.26. The fourth-order valence-corrected chi connectivity index (χ4v) is 2.46. The number of ether oxygens (including phenoxy) is 1. The van der Waals surface area contributed by atoms with E-state index in [4.69, 9.17) is 10.5 Å². The van der Waals surface area contributed by atoms with Crippen LogP contribution in [0.2, 0.25) is 0 Å². The minimum absolute atomic E-state index is 0. The second-order valence-electron chi connectivity index (χ2n) is 5.80. The number of benzene rings is 1. The first-order valence-electron chi connectivity index (χ1n) is 8.26. The van der Waals surface area contributed by atoms with Crippen LogP contribution in [0, 0.1) is 5.41 Å². The highest BCUT2D eigenvalue weighted by molar-refractivity contribution is 5.85. The molecule has 23 heavy (non-hydrogen) atoms. The van der Waals surface area contributed by atoms with Gasteiger partial charge in [0, 0.05) is 6.54 Å². The van der Waals surface area contributed by atoms with Crippen LogP contribution < -0.4 is 15.8 Å². The minimum atomic E-state index is -0.460. The Bertz CT molecular complexity index is 450. The molecule has 0 aliphatic carbocycles. The summed E-state index contributed by atoms with van der Waals surface area (Å²) in [6, 6.07) is 7.85. The fraction of sp³-hybridized carbons (Fsp3) is 0.611. The topological polar surface area (TPSA) is 64.3 Å². The van der Waals surface area contributed by atoms with Gasteiger partial charge in [-0.15, -0.1) is 12.4 Å². The molecule has 0 radical (unpaired) electrons. The van der Waals surface area contributed by atoms with Gasteiger partial charge in [-0.1, -0.05) is 32.9 Å². The zero-order chi connectivity index (χ0) is 16.6. The van der Waals surface area contributed by atoms with Crippen molar-refractivity contribution >= 4 is 18.3 Å². The summed E-state index contributed by atoms with van der Waals surface area (Å²) in [6.45, 7) is 9.20. The minimum Gasteiger partial charge on any atom is -0.494 e. The molecule has 1 rings (SSSR count). The summed E-state index contributed by atoms with van der Waals surface area (Å²) in [7, 11) is 0. The van der Waals surface area contributed by atoms with Crippen molar-refractivity contribution in [2.75, 3.05) is 13.2 Å². The molecule has 1 aromatic rings. The van der Waals surface area contributed by atoms with Crippen molar-refractivity contribution in [3.05, 3.63) is 29.8 Å². The van der Waals surface area contributed by atoms with Crippen LogP contribution in [0.3, 0.4) is 0 Å². The molecule has 4 nitrogen and oxygen atoms in total. The average Bonchev–Trinajstić information content (AvgIpc) is 2.55. The van der Waals surface area contributed by atoms with Gasteiger partial charge >= 0.3 is 0 Å². The number of halogens is 1. The Hall–Kier alpha value is -1.26. The van der Waals surface area contributed by atoms with E-state index in [9.17, 15) is 4.79 Å². The maximum atomic E-state index is 12.5. The molecule has 0 heterocycles. The number of hydrogen-bond acceptors (Lipinski definition) is 3. The van der Waals surface area contributed by atoms with Gasteiger partial charge < -0.3 is 15.8 Å². The predicted octanol–water partition coefficient (Wildman–Crippen LogP) is 3.84. The SMILES string of the molecule is CCCOc1ccc(C(C)NC(=O)C(CC)(CC)CN)cc1.Cl. The number of nitrogens with one attached hydrogen (secondary N) is 1. The lowest BCUT2D eigenvalue weighted by atomic mass is 9.81. The van der Waals surface area contributed by atoms with E-state index in [2.05, 4.69) is 12.2 Å². The normalized spacial score (nSPS) is 12.2. The Morgan fingerprint density at radius 1 is 1.22 bits per heavy atom. The third-order valence-electron chi connectivity index (χ3n) is 4.43. The smallest absolute Gasteiger partial charge is 0.227 e. The van der Waals surface area contributed by atoms with Crippen molar-refractivity contribution in [2.45, 2.75) is 53.0 Å². The average molecular weight is 343 g/mol. The molecule has 0 saturated carbocycles. The lowest BCUT2D eigenvalue weighted by Crippen LogP contribution is -2.46. The summed E-state index contributed by atoms with van der Waals surface area (Å²) in [6.07, 6.45) is 2.49. The van der Waals surface area contributed by atoms with Gasteiger partial charge in [-0.2, -0.15) is 0 Å². The maximum absolute atomic E-state index is 12.5. The molecule has 1 aromatic carbocycles. The second kappa shape index (κ2) is 10.5. The van der Waals surface area contributed by atoms with Gasteiger partial charge in [-0.25, -0.2) is 0 Å².